The quantitative estimate of drug-likeness (QED) is 0.739. The Morgan fingerprint density at radius 2 is 1.82 bits per heavy atom. The summed E-state index contributed by atoms with van der Waals surface area (Å²) in [5, 5.41) is 0. The largest absolute Gasteiger partial charge is 0.338 e. The normalized spacial score (nSPS) is 39.4. The molecule has 2 aliphatic carbocycles. The van der Waals surface area contributed by atoms with Crippen LogP contribution >= 0.6 is 0 Å². The van der Waals surface area contributed by atoms with Crippen molar-refractivity contribution in [1.29, 1.82) is 0 Å². The van der Waals surface area contributed by atoms with Gasteiger partial charge in [-0.05, 0) is 56.7 Å². The number of ether oxygens (including phenoxy) is 2. The fraction of sp³-hybridized carbons (Fsp3) is 0.609. The monoisotopic (exact) mass is 380 g/mol. The van der Waals surface area contributed by atoms with Crippen molar-refractivity contribution in [3.8, 4) is 0 Å². The Morgan fingerprint density at radius 1 is 1.04 bits per heavy atom. The van der Waals surface area contributed by atoms with Gasteiger partial charge < -0.3 is 9.47 Å². The molecule has 6 rings (SSSR count). The number of rotatable bonds is 2. The summed E-state index contributed by atoms with van der Waals surface area (Å²) in [6.07, 6.45) is 10.7. The molecule has 1 saturated carbocycles. The van der Waals surface area contributed by atoms with Gasteiger partial charge in [-0.1, -0.05) is 36.8 Å². The van der Waals surface area contributed by atoms with Crippen LogP contribution in [0.3, 0.4) is 0 Å². The van der Waals surface area contributed by atoms with E-state index in [9.17, 15) is 4.79 Å². The van der Waals surface area contributed by atoms with Crippen LogP contribution in [0.4, 0.5) is 5.69 Å². The highest BCUT2D eigenvalue weighted by Gasteiger charge is 2.61. The van der Waals surface area contributed by atoms with Crippen molar-refractivity contribution in [2.45, 2.75) is 37.9 Å². The molecular weight excluding hydrogens is 352 g/mol. The molecule has 0 aromatic heterocycles. The number of carbonyl (C=O) groups excluding carboxylic acids is 1. The maximum atomic E-state index is 13.6. The lowest BCUT2D eigenvalue weighted by molar-refractivity contribution is -0.295. The SMILES string of the molecule is O=C1N(CN2CCCCC2)c2ccccc2C12OCC1(CO2)CC2C=CC1C2. The molecule has 2 spiro atoms. The number of hydrogen-bond acceptors (Lipinski definition) is 4. The number of nitrogens with zero attached hydrogens (tertiary/aromatic N) is 2. The van der Waals surface area contributed by atoms with Gasteiger partial charge in [-0.3, -0.25) is 14.6 Å². The van der Waals surface area contributed by atoms with E-state index >= 15 is 0 Å². The molecule has 5 aliphatic rings. The summed E-state index contributed by atoms with van der Waals surface area (Å²) in [6.45, 7) is 3.95. The Balaban J connectivity index is 1.29. The van der Waals surface area contributed by atoms with Crippen molar-refractivity contribution in [3.63, 3.8) is 0 Å². The summed E-state index contributed by atoms with van der Waals surface area (Å²) in [5.41, 5.74) is 1.88. The van der Waals surface area contributed by atoms with Gasteiger partial charge in [-0.15, -0.1) is 0 Å². The molecule has 0 radical (unpaired) electrons. The number of benzene rings is 1. The van der Waals surface area contributed by atoms with Crippen molar-refractivity contribution >= 4 is 11.6 Å². The number of anilines is 1. The first-order valence-corrected chi connectivity index (χ1v) is 10.8. The molecule has 0 N–H and O–H groups in total. The standard InChI is InChI=1S/C23H28N2O3/c26-21-23(27-14-22(15-28-23)13-17-8-9-18(22)12-17)19-6-2-3-7-20(19)25(21)16-24-10-4-1-5-11-24/h2-3,6-9,17-18H,1,4-5,10-16H2. The summed E-state index contributed by atoms with van der Waals surface area (Å²) >= 11 is 0. The fourth-order valence-electron chi connectivity index (χ4n) is 6.07. The van der Waals surface area contributed by atoms with Crippen molar-refractivity contribution in [3.05, 3.63) is 42.0 Å². The fourth-order valence-corrected chi connectivity index (χ4v) is 6.07. The summed E-state index contributed by atoms with van der Waals surface area (Å²) < 4.78 is 12.8. The molecule has 1 aromatic rings. The summed E-state index contributed by atoms with van der Waals surface area (Å²) in [7, 11) is 0. The van der Waals surface area contributed by atoms with Gasteiger partial charge >= 0.3 is 0 Å². The van der Waals surface area contributed by atoms with Gasteiger partial charge in [0.25, 0.3) is 11.7 Å². The lowest BCUT2D eigenvalue weighted by Gasteiger charge is -2.45. The minimum Gasteiger partial charge on any atom is -0.338 e. The topological polar surface area (TPSA) is 42.0 Å². The van der Waals surface area contributed by atoms with E-state index < -0.39 is 5.79 Å². The van der Waals surface area contributed by atoms with Crippen LogP contribution in [0.5, 0.6) is 0 Å². The predicted octanol–water partition coefficient (Wildman–Crippen LogP) is 3.26. The maximum absolute atomic E-state index is 13.6. The number of para-hydroxylation sites is 1. The van der Waals surface area contributed by atoms with Gasteiger partial charge in [-0.2, -0.15) is 0 Å². The first-order valence-electron chi connectivity index (χ1n) is 10.8. The molecule has 2 atom stereocenters. The molecule has 3 fully saturated rings. The summed E-state index contributed by atoms with van der Waals surface area (Å²) in [6, 6.07) is 8.01. The third kappa shape index (κ3) is 2.33. The van der Waals surface area contributed by atoms with Gasteiger partial charge in [0.15, 0.2) is 0 Å². The Hall–Kier alpha value is -1.69. The van der Waals surface area contributed by atoms with Crippen LogP contribution in [0.25, 0.3) is 0 Å². The molecule has 1 aromatic carbocycles. The predicted molar refractivity (Wildman–Crippen MR) is 106 cm³/mol. The second-order valence-electron chi connectivity index (χ2n) is 9.32. The molecule has 5 heteroatoms. The smallest absolute Gasteiger partial charge is 0.293 e. The highest BCUT2D eigenvalue weighted by atomic mass is 16.7. The first kappa shape index (κ1) is 17.2. The number of piperidine rings is 1. The van der Waals surface area contributed by atoms with Crippen molar-refractivity contribution in [2.24, 2.45) is 17.3 Å². The Morgan fingerprint density at radius 3 is 2.54 bits per heavy atom. The average molecular weight is 380 g/mol. The van der Waals surface area contributed by atoms with E-state index in [1.807, 2.05) is 29.2 Å². The first-order chi connectivity index (χ1) is 13.7. The third-order valence-electron chi connectivity index (χ3n) is 7.62. The van der Waals surface area contributed by atoms with E-state index in [2.05, 4.69) is 17.1 Å². The molecule has 3 heterocycles. The number of likely N-dealkylation sites (tertiary alicyclic amines) is 1. The maximum Gasteiger partial charge on any atom is 0.293 e. The van der Waals surface area contributed by atoms with Gasteiger partial charge in [0.1, 0.15) is 0 Å². The van der Waals surface area contributed by atoms with E-state index in [4.69, 9.17) is 9.47 Å². The van der Waals surface area contributed by atoms with Crippen molar-refractivity contribution < 1.29 is 14.3 Å². The molecule has 28 heavy (non-hydrogen) atoms. The molecule has 2 unspecified atom stereocenters. The summed E-state index contributed by atoms with van der Waals surface area (Å²) in [5.74, 6) is -0.101. The number of carbonyl (C=O) groups is 1. The van der Waals surface area contributed by atoms with E-state index in [-0.39, 0.29) is 11.3 Å². The van der Waals surface area contributed by atoms with Crippen LogP contribution in [-0.2, 0) is 20.1 Å². The van der Waals surface area contributed by atoms with Gasteiger partial charge in [0.2, 0.25) is 0 Å². The third-order valence-corrected chi connectivity index (χ3v) is 7.62. The lowest BCUT2D eigenvalue weighted by Crippen LogP contribution is -2.55. The van der Waals surface area contributed by atoms with E-state index in [1.165, 1.54) is 25.7 Å². The highest BCUT2D eigenvalue weighted by molar-refractivity contribution is 6.06. The zero-order chi connectivity index (χ0) is 18.8. The van der Waals surface area contributed by atoms with Crippen LogP contribution in [0.15, 0.2) is 36.4 Å². The van der Waals surface area contributed by atoms with E-state index in [0.29, 0.717) is 31.7 Å². The Bertz CT molecular complexity index is 821. The second kappa shape index (κ2) is 6.15. The van der Waals surface area contributed by atoms with Crippen LogP contribution in [0, 0.1) is 17.3 Å². The molecule has 3 aliphatic heterocycles. The molecule has 5 nitrogen and oxygen atoms in total. The minimum absolute atomic E-state index is 0.0483. The Kier molecular flexibility index (Phi) is 3.78. The number of hydrogen-bond donors (Lipinski definition) is 0. The average Bonchev–Trinajstić information content (AvgIpc) is 3.40. The number of amides is 1. The zero-order valence-corrected chi connectivity index (χ0v) is 16.3. The van der Waals surface area contributed by atoms with Gasteiger partial charge in [0.05, 0.1) is 25.6 Å². The second-order valence-corrected chi connectivity index (χ2v) is 9.32. The van der Waals surface area contributed by atoms with Gasteiger partial charge in [0, 0.05) is 11.0 Å². The highest BCUT2D eigenvalue weighted by Crippen LogP contribution is 2.57. The van der Waals surface area contributed by atoms with Crippen LogP contribution < -0.4 is 4.90 Å². The molecule has 1 amide bonds. The molecule has 2 saturated heterocycles. The summed E-state index contributed by atoms with van der Waals surface area (Å²) in [4.78, 5) is 17.9. The zero-order valence-electron chi connectivity index (χ0n) is 16.3. The van der Waals surface area contributed by atoms with Crippen LogP contribution in [-0.4, -0.2) is 43.8 Å². The number of fused-ring (bicyclic) bond motifs is 5. The molecular formula is C23H28N2O3. The molecule has 2 bridgehead atoms. The molecule has 148 valence electrons. The van der Waals surface area contributed by atoms with Crippen molar-refractivity contribution in [2.75, 3.05) is 37.9 Å². The van der Waals surface area contributed by atoms with Gasteiger partial charge in [-0.25, -0.2) is 0 Å². The number of allylic oxidation sites excluding steroid dienone is 2. The van der Waals surface area contributed by atoms with Crippen molar-refractivity contribution in [1.82, 2.24) is 4.90 Å². The van der Waals surface area contributed by atoms with E-state index in [1.54, 1.807) is 0 Å². The van der Waals surface area contributed by atoms with Crippen LogP contribution in [0.1, 0.15) is 37.7 Å². The van der Waals surface area contributed by atoms with Crippen LogP contribution in [0.2, 0.25) is 0 Å². The Labute approximate surface area is 166 Å². The lowest BCUT2D eigenvalue weighted by atomic mass is 9.76. The van der Waals surface area contributed by atoms with E-state index in [0.717, 1.165) is 30.8 Å². The minimum atomic E-state index is -1.25.